The Morgan fingerprint density at radius 1 is 0.966 bits per heavy atom. The van der Waals surface area contributed by atoms with Crippen LogP contribution in [0.1, 0.15) is 22.8 Å². The van der Waals surface area contributed by atoms with Gasteiger partial charge in [0, 0.05) is 11.6 Å². The first-order chi connectivity index (χ1) is 13.8. The summed E-state index contributed by atoms with van der Waals surface area (Å²) >= 11 is 0. The minimum atomic E-state index is -1.36. The highest BCUT2D eigenvalue weighted by Gasteiger charge is 2.50. The summed E-state index contributed by atoms with van der Waals surface area (Å²) in [7, 11) is 4.41. The van der Waals surface area contributed by atoms with Crippen molar-refractivity contribution in [2.45, 2.75) is 12.5 Å². The topological polar surface area (TPSA) is 106 Å². The third-order valence-corrected chi connectivity index (χ3v) is 4.66. The Kier molecular flexibility index (Phi) is 5.31. The van der Waals surface area contributed by atoms with Crippen LogP contribution in [-0.2, 0) is 10.3 Å². The zero-order valence-corrected chi connectivity index (χ0v) is 16.4. The van der Waals surface area contributed by atoms with Crippen molar-refractivity contribution in [1.82, 2.24) is 15.8 Å². The number of imide groups is 1. The van der Waals surface area contributed by atoms with Gasteiger partial charge in [-0.3, -0.25) is 15.0 Å². The predicted octanol–water partition coefficient (Wildman–Crippen LogP) is 1.82. The van der Waals surface area contributed by atoms with Gasteiger partial charge in [-0.1, -0.05) is 12.1 Å². The van der Waals surface area contributed by atoms with Gasteiger partial charge in [0.1, 0.15) is 22.8 Å². The molecule has 1 unspecified atom stereocenters. The molecule has 1 aliphatic heterocycles. The molecule has 2 N–H and O–H groups in total. The standard InChI is InChI=1S/C20H21N3O6/c1-20(13-6-5-7-14(10-13)27-2)18(25)23(19(26)21-20)22-17(24)12-8-15(28-3)11-16(9-12)29-4/h5-11H,1-4H3,(H,21,26)(H,22,24). The fourth-order valence-corrected chi connectivity index (χ4v) is 2.97. The summed E-state index contributed by atoms with van der Waals surface area (Å²) in [6.07, 6.45) is 0. The summed E-state index contributed by atoms with van der Waals surface area (Å²) in [6.45, 7) is 1.56. The van der Waals surface area contributed by atoms with Gasteiger partial charge in [-0.25, -0.2) is 4.79 Å². The van der Waals surface area contributed by atoms with Crippen LogP contribution in [0.3, 0.4) is 0 Å². The van der Waals surface area contributed by atoms with Crippen LogP contribution < -0.4 is 25.0 Å². The molecule has 0 bridgehead atoms. The van der Waals surface area contributed by atoms with Gasteiger partial charge >= 0.3 is 6.03 Å². The number of carbonyl (C=O) groups excluding carboxylic acids is 3. The van der Waals surface area contributed by atoms with Crippen LogP contribution in [0.4, 0.5) is 4.79 Å². The number of urea groups is 1. The van der Waals surface area contributed by atoms with Gasteiger partial charge in [0.15, 0.2) is 0 Å². The molecule has 0 aliphatic carbocycles. The highest BCUT2D eigenvalue weighted by atomic mass is 16.5. The number of nitrogens with zero attached hydrogens (tertiary/aromatic N) is 1. The number of methoxy groups -OCH3 is 3. The Balaban J connectivity index is 1.86. The van der Waals surface area contributed by atoms with Crippen LogP contribution in [0.25, 0.3) is 0 Å². The van der Waals surface area contributed by atoms with Crippen molar-refractivity contribution in [2.75, 3.05) is 21.3 Å². The quantitative estimate of drug-likeness (QED) is 0.718. The van der Waals surface area contributed by atoms with E-state index in [0.29, 0.717) is 27.8 Å². The SMILES string of the molecule is COc1cc(OC)cc(C(=O)NN2C(=O)NC(C)(c3cccc(OC)c3)C2=O)c1. The van der Waals surface area contributed by atoms with Crippen LogP contribution >= 0.6 is 0 Å². The first-order valence-corrected chi connectivity index (χ1v) is 8.67. The predicted molar refractivity (Wildman–Crippen MR) is 103 cm³/mol. The first kappa shape index (κ1) is 20.0. The number of nitrogens with one attached hydrogen (secondary N) is 2. The maximum absolute atomic E-state index is 13.0. The summed E-state index contributed by atoms with van der Waals surface area (Å²) in [5, 5.41) is 3.28. The summed E-state index contributed by atoms with van der Waals surface area (Å²) in [5.41, 5.74) is 1.67. The Bertz CT molecular complexity index is 954. The fraction of sp³-hybridized carbons (Fsp3) is 0.250. The number of rotatable bonds is 6. The molecule has 29 heavy (non-hydrogen) atoms. The van der Waals surface area contributed by atoms with Crippen molar-refractivity contribution in [3.05, 3.63) is 53.6 Å². The second-order valence-corrected chi connectivity index (χ2v) is 6.47. The van der Waals surface area contributed by atoms with E-state index in [1.54, 1.807) is 37.3 Å². The Hall–Kier alpha value is -3.75. The van der Waals surface area contributed by atoms with E-state index in [1.807, 2.05) is 0 Å². The molecule has 0 aromatic heterocycles. The van der Waals surface area contributed by atoms with Gasteiger partial charge in [0.25, 0.3) is 11.8 Å². The average Bonchev–Trinajstić information content (AvgIpc) is 2.97. The van der Waals surface area contributed by atoms with Crippen molar-refractivity contribution in [2.24, 2.45) is 0 Å². The summed E-state index contributed by atoms with van der Waals surface area (Å²) in [5.74, 6) is 0.0390. The third-order valence-electron chi connectivity index (χ3n) is 4.66. The normalized spacial score (nSPS) is 18.3. The van der Waals surface area contributed by atoms with Crippen molar-refractivity contribution < 1.29 is 28.6 Å². The highest BCUT2D eigenvalue weighted by molar-refractivity contribution is 6.09. The zero-order valence-electron chi connectivity index (χ0n) is 16.4. The maximum Gasteiger partial charge on any atom is 0.344 e. The second kappa shape index (κ2) is 7.70. The van der Waals surface area contributed by atoms with Gasteiger partial charge in [0.05, 0.1) is 21.3 Å². The second-order valence-electron chi connectivity index (χ2n) is 6.47. The molecule has 4 amide bonds. The molecule has 0 radical (unpaired) electrons. The Morgan fingerprint density at radius 3 is 2.17 bits per heavy atom. The molecule has 2 aromatic rings. The van der Waals surface area contributed by atoms with E-state index in [4.69, 9.17) is 14.2 Å². The van der Waals surface area contributed by atoms with E-state index in [-0.39, 0.29) is 5.56 Å². The molecule has 2 aromatic carbocycles. The van der Waals surface area contributed by atoms with Crippen LogP contribution in [0.2, 0.25) is 0 Å². The summed E-state index contributed by atoms with van der Waals surface area (Å²) < 4.78 is 15.5. The number of carbonyl (C=O) groups is 3. The lowest BCUT2D eigenvalue weighted by Crippen LogP contribution is -2.47. The van der Waals surface area contributed by atoms with Crippen LogP contribution in [0.5, 0.6) is 17.2 Å². The van der Waals surface area contributed by atoms with Gasteiger partial charge < -0.3 is 19.5 Å². The van der Waals surface area contributed by atoms with E-state index < -0.39 is 23.4 Å². The molecule has 152 valence electrons. The summed E-state index contributed by atoms with van der Waals surface area (Å²) in [6, 6.07) is 10.6. The Morgan fingerprint density at radius 2 is 1.59 bits per heavy atom. The van der Waals surface area contributed by atoms with E-state index in [2.05, 4.69) is 10.7 Å². The zero-order chi connectivity index (χ0) is 21.2. The van der Waals surface area contributed by atoms with Crippen LogP contribution in [-0.4, -0.2) is 44.2 Å². The van der Waals surface area contributed by atoms with E-state index in [0.717, 1.165) is 0 Å². The highest BCUT2D eigenvalue weighted by Crippen LogP contribution is 2.30. The Labute approximate surface area is 167 Å². The van der Waals surface area contributed by atoms with E-state index in [1.165, 1.54) is 33.5 Å². The van der Waals surface area contributed by atoms with Crippen molar-refractivity contribution in [1.29, 1.82) is 0 Å². The lowest BCUT2D eigenvalue weighted by molar-refractivity contribution is -0.132. The summed E-state index contributed by atoms with van der Waals surface area (Å²) in [4.78, 5) is 38.1. The largest absolute Gasteiger partial charge is 0.497 e. The van der Waals surface area contributed by atoms with Gasteiger partial charge in [-0.2, -0.15) is 5.01 Å². The number of hydrazine groups is 1. The first-order valence-electron chi connectivity index (χ1n) is 8.67. The minimum Gasteiger partial charge on any atom is -0.497 e. The molecular weight excluding hydrogens is 378 g/mol. The fourth-order valence-electron chi connectivity index (χ4n) is 2.97. The van der Waals surface area contributed by atoms with Gasteiger partial charge in [-0.15, -0.1) is 0 Å². The number of amides is 4. The molecule has 0 spiro atoms. The van der Waals surface area contributed by atoms with Gasteiger partial charge in [0.2, 0.25) is 0 Å². The number of hydrogen-bond acceptors (Lipinski definition) is 6. The molecule has 1 fully saturated rings. The lowest BCUT2D eigenvalue weighted by atomic mass is 9.92. The number of hydrogen-bond donors (Lipinski definition) is 2. The molecule has 3 rings (SSSR count). The molecule has 9 heteroatoms. The molecule has 1 saturated heterocycles. The molecular formula is C20H21N3O6. The minimum absolute atomic E-state index is 0.164. The lowest BCUT2D eigenvalue weighted by Gasteiger charge is -2.22. The molecule has 0 saturated carbocycles. The number of ether oxygens (including phenoxy) is 3. The van der Waals surface area contributed by atoms with Crippen molar-refractivity contribution >= 4 is 17.8 Å². The van der Waals surface area contributed by atoms with Crippen LogP contribution in [0.15, 0.2) is 42.5 Å². The van der Waals surface area contributed by atoms with Crippen molar-refractivity contribution in [3.63, 3.8) is 0 Å². The van der Waals surface area contributed by atoms with Gasteiger partial charge in [-0.05, 0) is 36.8 Å². The average molecular weight is 399 g/mol. The van der Waals surface area contributed by atoms with Crippen LogP contribution in [0, 0.1) is 0 Å². The maximum atomic E-state index is 13.0. The molecule has 1 atom stereocenters. The molecule has 1 heterocycles. The van der Waals surface area contributed by atoms with E-state index in [9.17, 15) is 14.4 Å². The third kappa shape index (κ3) is 3.66. The number of benzene rings is 2. The molecule has 1 aliphatic rings. The van der Waals surface area contributed by atoms with E-state index >= 15 is 0 Å². The molecule has 9 nitrogen and oxygen atoms in total. The van der Waals surface area contributed by atoms with Crippen molar-refractivity contribution in [3.8, 4) is 17.2 Å². The smallest absolute Gasteiger partial charge is 0.344 e. The monoisotopic (exact) mass is 399 g/mol.